The largest absolute Gasteiger partial charge is 0.319 e. The molecule has 112 valence electrons. The smallest absolute Gasteiger partial charge is 0.125 e. The van der Waals surface area contributed by atoms with Gasteiger partial charge in [0.15, 0.2) is 0 Å². The fourth-order valence-electron chi connectivity index (χ4n) is 3.29. The third-order valence-electron chi connectivity index (χ3n) is 4.40. The number of benzene rings is 1. The number of pyridine rings is 1. The first-order valence-electron chi connectivity index (χ1n) is 7.68. The van der Waals surface area contributed by atoms with Crippen LogP contribution < -0.4 is 5.30 Å². The summed E-state index contributed by atoms with van der Waals surface area (Å²) in [5, 5.41) is 1.86. The number of fused-ring (bicyclic) bond motifs is 1. The molecule has 2 nitrogen and oxygen atoms in total. The van der Waals surface area contributed by atoms with Gasteiger partial charge in [-0.2, -0.15) is 0 Å². The van der Waals surface area contributed by atoms with E-state index in [-0.39, 0.29) is 11.7 Å². The summed E-state index contributed by atoms with van der Waals surface area (Å²) >= 11 is 0. The van der Waals surface area contributed by atoms with Crippen LogP contribution in [0.4, 0.5) is 4.39 Å². The van der Waals surface area contributed by atoms with E-state index in [4.69, 9.17) is 0 Å². The van der Waals surface area contributed by atoms with E-state index in [0.29, 0.717) is 5.52 Å². The third kappa shape index (κ3) is 2.64. The molecule has 1 aromatic carbocycles. The number of rotatable bonds is 2. The normalized spacial score (nSPS) is 18.3. The van der Waals surface area contributed by atoms with E-state index < -0.39 is 7.14 Å². The van der Waals surface area contributed by atoms with Crippen LogP contribution in [0.5, 0.6) is 0 Å². The molecule has 1 aliphatic rings. The highest BCUT2D eigenvalue weighted by molar-refractivity contribution is 7.72. The Hall–Kier alpha value is -1.21. The summed E-state index contributed by atoms with van der Waals surface area (Å²) in [5.41, 5.74) is 1.69. The topological polar surface area (TPSA) is 30.0 Å². The van der Waals surface area contributed by atoms with Crippen molar-refractivity contribution in [3.8, 4) is 0 Å². The molecule has 0 radical (unpaired) electrons. The van der Waals surface area contributed by atoms with Crippen LogP contribution in [0, 0.1) is 5.82 Å². The Morgan fingerprint density at radius 2 is 1.90 bits per heavy atom. The Morgan fingerprint density at radius 3 is 2.57 bits per heavy atom. The van der Waals surface area contributed by atoms with Crippen molar-refractivity contribution < 1.29 is 8.96 Å². The van der Waals surface area contributed by atoms with Crippen LogP contribution >= 0.6 is 7.14 Å². The van der Waals surface area contributed by atoms with Gasteiger partial charge >= 0.3 is 0 Å². The van der Waals surface area contributed by atoms with E-state index in [9.17, 15) is 8.96 Å². The van der Waals surface area contributed by atoms with Crippen molar-refractivity contribution in [1.29, 1.82) is 0 Å². The minimum Gasteiger partial charge on any atom is -0.319 e. The zero-order chi connectivity index (χ0) is 15.0. The van der Waals surface area contributed by atoms with Crippen LogP contribution in [0.1, 0.15) is 44.6 Å². The maximum absolute atomic E-state index is 13.5. The lowest BCUT2D eigenvalue weighted by molar-refractivity contribution is 0.567. The highest BCUT2D eigenvalue weighted by atomic mass is 31.2. The van der Waals surface area contributed by atoms with Crippen LogP contribution in [0.2, 0.25) is 0 Å². The van der Waals surface area contributed by atoms with Crippen LogP contribution in [0.3, 0.4) is 0 Å². The minimum atomic E-state index is -2.38. The predicted octanol–water partition coefficient (Wildman–Crippen LogP) is 4.67. The van der Waals surface area contributed by atoms with Crippen LogP contribution in [0.25, 0.3) is 10.9 Å². The number of hydrogen-bond donors (Lipinski definition) is 0. The van der Waals surface area contributed by atoms with Crippen LogP contribution in [0.15, 0.2) is 24.4 Å². The maximum atomic E-state index is 13.5. The molecular weight excluding hydrogens is 284 g/mol. The Balaban J connectivity index is 2.30. The lowest BCUT2D eigenvalue weighted by Crippen LogP contribution is -2.21. The summed E-state index contributed by atoms with van der Waals surface area (Å²) in [6.45, 7) is 4.21. The molecule has 0 aliphatic carbocycles. The lowest BCUT2D eigenvalue weighted by Gasteiger charge is -2.27. The first-order valence-corrected chi connectivity index (χ1v) is 9.76. The van der Waals surface area contributed by atoms with Crippen molar-refractivity contribution in [2.75, 3.05) is 12.3 Å². The monoisotopic (exact) mass is 305 g/mol. The summed E-state index contributed by atoms with van der Waals surface area (Å²) in [7, 11) is -2.38. The van der Waals surface area contributed by atoms with E-state index in [1.165, 1.54) is 18.6 Å². The second kappa shape index (κ2) is 5.53. The predicted molar refractivity (Wildman–Crippen MR) is 86.6 cm³/mol. The molecule has 2 aromatic rings. The van der Waals surface area contributed by atoms with Gasteiger partial charge in [-0.1, -0.05) is 20.3 Å². The van der Waals surface area contributed by atoms with Gasteiger partial charge in [0.2, 0.25) is 0 Å². The fourth-order valence-corrected chi connectivity index (χ4v) is 6.85. The minimum absolute atomic E-state index is 0.273. The molecule has 4 heteroatoms. The second-order valence-electron chi connectivity index (χ2n) is 6.28. The molecule has 3 rings (SSSR count). The number of hydrogen-bond acceptors (Lipinski definition) is 2. The van der Waals surface area contributed by atoms with Crippen LogP contribution in [-0.4, -0.2) is 17.3 Å². The van der Waals surface area contributed by atoms with E-state index in [1.54, 1.807) is 12.3 Å². The third-order valence-corrected chi connectivity index (χ3v) is 7.79. The van der Waals surface area contributed by atoms with Gasteiger partial charge in [-0.3, -0.25) is 4.98 Å². The quantitative estimate of drug-likeness (QED) is 0.755. The highest BCUT2D eigenvalue weighted by Gasteiger charge is 2.32. The van der Waals surface area contributed by atoms with Gasteiger partial charge in [0.05, 0.1) is 5.52 Å². The van der Waals surface area contributed by atoms with Gasteiger partial charge in [-0.25, -0.2) is 4.39 Å². The Bertz CT molecular complexity index is 716. The molecule has 1 aliphatic heterocycles. The van der Waals surface area contributed by atoms with Crippen LogP contribution in [-0.2, 0) is 4.57 Å². The zero-order valence-electron chi connectivity index (χ0n) is 12.6. The number of halogens is 1. The molecule has 0 amide bonds. The van der Waals surface area contributed by atoms with E-state index in [1.807, 2.05) is 0 Å². The second-order valence-corrected chi connectivity index (χ2v) is 9.40. The average Bonchev–Trinajstić information content (AvgIpc) is 2.46. The fraction of sp³-hybridized carbons (Fsp3) is 0.471. The van der Waals surface area contributed by atoms with Gasteiger partial charge in [0.1, 0.15) is 13.0 Å². The summed E-state index contributed by atoms with van der Waals surface area (Å²) < 4.78 is 27.0. The molecular formula is C17H21FNOP. The van der Waals surface area contributed by atoms with Crippen molar-refractivity contribution in [3.05, 3.63) is 35.8 Å². The summed E-state index contributed by atoms with van der Waals surface area (Å²) in [6.07, 6.45) is 6.58. The Morgan fingerprint density at radius 1 is 1.19 bits per heavy atom. The molecule has 1 fully saturated rings. The molecule has 0 spiro atoms. The summed E-state index contributed by atoms with van der Waals surface area (Å²) in [5.74, 6) is -0.0186. The molecule has 1 aromatic heterocycles. The van der Waals surface area contributed by atoms with Gasteiger partial charge in [0.25, 0.3) is 0 Å². The molecule has 0 unspecified atom stereocenters. The number of nitrogens with zero attached hydrogens (tertiary/aromatic N) is 1. The average molecular weight is 305 g/mol. The van der Waals surface area contributed by atoms with E-state index in [2.05, 4.69) is 18.8 Å². The van der Waals surface area contributed by atoms with E-state index in [0.717, 1.165) is 41.4 Å². The van der Waals surface area contributed by atoms with Gasteiger partial charge in [-0.05, 0) is 36.5 Å². The van der Waals surface area contributed by atoms with Gasteiger partial charge < -0.3 is 4.57 Å². The van der Waals surface area contributed by atoms with Gasteiger partial charge in [0, 0.05) is 35.3 Å². The zero-order valence-corrected chi connectivity index (χ0v) is 13.5. The Kier molecular flexibility index (Phi) is 3.88. The van der Waals surface area contributed by atoms with Gasteiger partial charge in [-0.15, -0.1) is 0 Å². The van der Waals surface area contributed by atoms with Crippen molar-refractivity contribution >= 4 is 23.3 Å². The molecule has 21 heavy (non-hydrogen) atoms. The molecule has 0 atom stereocenters. The SMILES string of the molecule is CC(C)c1cnc2cc(F)ccc2c1P1(=O)CCCCC1. The first kappa shape index (κ1) is 14.7. The summed E-state index contributed by atoms with van der Waals surface area (Å²) in [4.78, 5) is 4.39. The maximum Gasteiger partial charge on any atom is 0.125 e. The lowest BCUT2D eigenvalue weighted by atomic mass is 10.0. The molecule has 0 N–H and O–H groups in total. The number of aromatic nitrogens is 1. The van der Waals surface area contributed by atoms with Crippen molar-refractivity contribution in [2.45, 2.75) is 39.0 Å². The van der Waals surface area contributed by atoms with Crippen molar-refractivity contribution in [1.82, 2.24) is 4.98 Å². The molecule has 0 saturated carbocycles. The van der Waals surface area contributed by atoms with Crippen molar-refractivity contribution in [3.63, 3.8) is 0 Å². The Labute approximate surface area is 125 Å². The van der Waals surface area contributed by atoms with Crippen molar-refractivity contribution in [2.24, 2.45) is 0 Å². The molecule has 1 saturated heterocycles. The molecule has 2 heterocycles. The molecule has 0 bridgehead atoms. The summed E-state index contributed by atoms with van der Waals surface area (Å²) in [6, 6.07) is 4.65. The first-order chi connectivity index (χ1) is 10.0. The standard InChI is InChI=1S/C17H21FNOP/c1-12(2)15-11-19-16-10-13(18)6-7-14(16)17(15)21(20)8-4-3-5-9-21/h6-7,10-12H,3-5,8-9H2,1-2H3. The highest BCUT2D eigenvalue weighted by Crippen LogP contribution is 2.52. The van der Waals surface area contributed by atoms with E-state index >= 15 is 0 Å².